The van der Waals surface area contributed by atoms with Crippen LogP contribution in [0, 0.1) is 13.8 Å². The molecule has 0 bridgehead atoms. The molecule has 1 atom stereocenters. The topological polar surface area (TPSA) is 63.5 Å². The second-order valence-corrected chi connectivity index (χ2v) is 9.11. The molecule has 0 radical (unpaired) electrons. The Morgan fingerprint density at radius 1 is 1.18 bits per heavy atom. The van der Waals surface area contributed by atoms with Gasteiger partial charge in [0, 0.05) is 43.6 Å². The van der Waals surface area contributed by atoms with Crippen molar-refractivity contribution < 1.29 is 9.53 Å². The molecule has 1 saturated heterocycles. The highest BCUT2D eigenvalue weighted by molar-refractivity contribution is 6.33. The van der Waals surface area contributed by atoms with Gasteiger partial charge in [0.05, 0.1) is 28.5 Å². The minimum atomic E-state index is 0.0156. The minimum absolute atomic E-state index is 0.0156. The summed E-state index contributed by atoms with van der Waals surface area (Å²) < 4.78 is 7.02. The van der Waals surface area contributed by atoms with Crippen molar-refractivity contribution in [3.8, 4) is 17.1 Å². The van der Waals surface area contributed by atoms with Gasteiger partial charge in [-0.2, -0.15) is 5.10 Å². The van der Waals surface area contributed by atoms with Crippen LogP contribution in [0.4, 0.5) is 5.69 Å². The van der Waals surface area contributed by atoms with Crippen LogP contribution < -0.4 is 9.64 Å². The number of piperazine rings is 1. The zero-order valence-electron chi connectivity index (χ0n) is 19.2. The van der Waals surface area contributed by atoms with Crippen molar-refractivity contribution in [1.29, 1.82) is 0 Å². The summed E-state index contributed by atoms with van der Waals surface area (Å²) in [5.41, 5.74) is 4.15. The molecule has 0 spiro atoms. The van der Waals surface area contributed by atoms with Crippen LogP contribution in [0.3, 0.4) is 0 Å². The maximum atomic E-state index is 13.2. The SMILES string of the molecule is COc1cc(N2CCN(C(=O)Cn3nc(-c4cc(C)ccn4)c(Cl)c3C)C(C)C2)ccc1Cl. The molecule has 1 amide bonds. The average molecular weight is 488 g/mol. The van der Waals surface area contributed by atoms with E-state index in [9.17, 15) is 4.79 Å². The van der Waals surface area contributed by atoms with Crippen LogP contribution in [0.5, 0.6) is 5.75 Å². The van der Waals surface area contributed by atoms with Crippen LogP contribution >= 0.6 is 23.2 Å². The maximum Gasteiger partial charge on any atom is 0.244 e. The van der Waals surface area contributed by atoms with Crippen molar-refractivity contribution in [1.82, 2.24) is 19.7 Å². The van der Waals surface area contributed by atoms with E-state index in [1.54, 1.807) is 18.0 Å². The molecule has 0 saturated carbocycles. The van der Waals surface area contributed by atoms with Gasteiger partial charge in [0.1, 0.15) is 18.0 Å². The normalized spacial score (nSPS) is 16.2. The van der Waals surface area contributed by atoms with E-state index >= 15 is 0 Å². The number of amides is 1. The lowest BCUT2D eigenvalue weighted by molar-refractivity contribution is -0.134. The molecule has 3 heterocycles. The highest BCUT2D eigenvalue weighted by Crippen LogP contribution is 2.31. The van der Waals surface area contributed by atoms with E-state index in [4.69, 9.17) is 27.9 Å². The van der Waals surface area contributed by atoms with Gasteiger partial charge in [-0.1, -0.05) is 23.2 Å². The molecule has 9 heteroatoms. The fourth-order valence-electron chi connectivity index (χ4n) is 4.13. The van der Waals surface area contributed by atoms with Crippen LogP contribution in [0.2, 0.25) is 10.0 Å². The van der Waals surface area contributed by atoms with Gasteiger partial charge in [0.25, 0.3) is 0 Å². The van der Waals surface area contributed by atoms with Gasteiger partial charge in [-0.15, -0.1) is 0 Å². The quantitative estimate of drug-likeness (QED) is 0.525. The lowest BCUT2D eigenvalue weighted by atomic mass is 10.1. The van der Waals surface area contributed by atoms with Crippen LogP contribution in [-0.4, -0.2) is 58.4 Å². The summed E-state index contributed by atoms with van der Waals surface area (Å²) in [5.74, 6) is 0.659. The predicted octanol–water partition coefficient (Wildman–Crippen LogP) is 4.61. The monoisotopic (exact) mass is 487 g/mol. The number of halogens is 2. The van der Waals surface area contributed by atoms with Crippen molar-refractivity contribution in [3.05, 3.63) is 57.8 Å². The number of rotatable bonds is 5. The van der Waals surface area contributed by atoms with Crippen LogP contribution in [0.1, 0.15) is 18.2 Å². The highest BCUT2D eigenvalue weighted by Gasteiger charge is 2.29. The average Bonchev–Trinajstić information content (AvgIpc) is 3.07. The number of ether oxygens (including phenoxy) is 1. The van der Waals surface area contributed by atoms with Gasteiger partial charge in [-0.3, -0.25) is 14.5 Å². The molecule has 1 aliphatic heterocycles. The summed E-state index contributed by atoms with van der Waals surface area (Å²) in [6, 6.07) is 9.65. The first kappa shape index (κ1) is 23.4. The van der Waals surface area contributed by atoms with Crippen molar-refractivity contribution >= 4 is 34.8 Å². The van der Waals surface area contributed by atoms with Crippen LogP contribution in [0.15, 0.2) is 36.5 Å². The molecule has 33 heavy (non-hydrogen) atoms. The number of hydrogen-bond acceptors (Lipinski definition) is 5. The summed E-state index contributed by atoms with van der Waals surface area (Å²) in [6.45, 7) is 8.11. The zero-order valence-corrected chi connectivity index (χ0v) is 20.7. The number of aryl methyl sites for hydroxylation is 1. The van der Waals surface area contributed by atoms with Gasteiger partial charge in [0.2, 0.25) is 5.91 Å². The minimum Gasteiger partial charge on any atom is -0.495 e. The standard InChI is InChI=1S/C24H27Cl2N5O2/c1-15-7-8-27-20(11-15)24-23(26)17(3)31(28-24)14-22(32)30-10-9-29(13-16(30)2)18-5-6-19(25)21(12-18)33-4/h5-8,11-12,16H,9-10,13-14H2,1-4H3. The second-order valence-electron chi connectivity index (χ2n) is 8.33. The van der Waals surface area contributed by atoms with E-state index in [1.807, 2.05) is 49.1 Å². The van der Waals surface area contributed by atoms with Crippen LogP contribution in [0.25, 0.3) is 11.4 Å². The van der Waals surface area contributed by atoms with E-state index < -0.39 is 0 Å². The number of carbonyl (C=O) groups is 1. The van der Waals surface area contributed by atoms with Gasteiger partial charge in [-0.25, -0.2) is 0 Å². The van der Waals surface area contributed by atoms with Gasteiger partial charge >= 0.3 is 0 Å². The predicted molar refractivity (Wildman–Crippen MR) is 131 cm³/mol. The summed E-state index contributed by atoms with van der Waals surface area (Å²) in [7, 11) is 1.61. The smallest absolute Gasteiger partial charge is 0.244 e. The van der Waals surface area contributed by atoms with E-state index in [0.29, 0.717) is 40.3 Å². The first-order valence-electron chi connectivity index (χ1n) is 10.8. The Morgan fingerprint density at radius 3 is 2.67 bits per heavy atom. The molecule has 1 aliphatic rings. The van der Waals surface area contributed by atoms with Crippen molar-refractivity contribution in [2.24, 2.45) is 0 Å². The lowest BCUT2D eigenvalue weighted by Gasteiger charge is -2.41. The summed E-state index contributed by atoms with van der Waals surface area (Å²) in [6.07, 6.45) is 1.73. The Hall–Kier alpha value is -2.77. The zero-order chi connectivity index (χ0) is 23.7. The largest absolute Gasteiger partial charge is 0.495 e. The van der Waals surface area contributed by atoms with E-state index in [2.05, 4.69) is 21.9 Å². The molecule has 1 fully saturated rings. The third kappa shape index (κ3) is 4.80. The fourth-order valence-corrected chi connectivity index (χ4v) is 4.56. The fraction of sp³-hybridized carbons (Fsp3) is 0.375. The molecule has 3 aromatic rings. The molecular formula is C24H27Cl2N5O2. The van der Waals surface area contributed by atoms with Gasteiger partial charge < -0.3 is 14.5 Å². The molecule has 1 unspecified atom stereocenters. The number of carbonyl (C=O) groups excluding carboxylic acids is 1. The molecule has 7 nitrogen and oxygen atoms in total. The van der Waals surface area contributed by atoms with E-state index in [-0.39, 0.29) is 18.5 Å². The Bertz CT molecular complexity index is 1180. The number of hydrogen-bond donors (Lipinski definition) is 0. The van der Waals surface area contributed by atoms with E-state index in [0.717, 1.165) is 23.5 Å². The highest BCUT2D eigenvalue weighted by atomic mass is 35.5. The molecule has 1 aromatic carbocycles. The molecule has 0 N–H and O–H groups in total. The number of pyridine rings is 1. The molecule has 0 aliphatic carbocycles. The maximum absolute atomic E-state index is 13.2. The Balaban J connectivity index is 1.46. The number of benzene rings is 1. The lowest BCUT2D eigenvalue weighted by Crippen LogP contribution is -2.54. The molecule has 4 rings (SSSR count). The Kier molecular flexibility index (Phi) is 6.81. The second kappa shape index (κ2) is 9.61. The molecule has 2 aromatic heterocycles. The molecule has 174 valence electrons. The first-order chi connectivity index (χ1) is 15.8. The van der Waals surface area contributed by atoms with Crippen LogP contribution in [-0.2, 0) is 11.3 Å². The van der Waals surface area contributed by atoms with Crippen molar-refractivity contribution in [3.63, 3.8) is 0 Å². The Labute approximate surface area is 203 Å². The summed E-state index contributed by atoms with van der Waals surface area (Å²) in [5, 5.41) is 5.71. The molecular weight excluding hydrogens is 461 g/mol. The van der Waals surface area contributed by atoms with Crippen molar-refractivity contribution in [2.75, 3.05) is 31.6 Å². The van der Waals surface area contributed by atoms with Crippen molar-refractivity contribution in [2.45, 2.75) is 33.4 Å². The number of anilines is 1. The Morgan fingerprint density at radius 2 is 1.97 bits per heavy atom. The number of aromatic nitrogens is 3. The van der Waals surface area contributed by atoms with Gasteiger partial charge in [0.15, 0.2) is 0 Å². The number of nitrogens with zero attached hydrogens (tertiary/aromatic N) is 5. The number of methoxy groups -OCH3 is 1. The van der Waals surface area contributed by atoms with E-state index in [1.165, 1.54) is 0 Å². The summed E-state index contributed by atoms with van der Waals surface area (Å²) in [4.78, 5) is 21.7. The summed E-state index contributed by atoms with van der Waals surface area (Å²) >= 11 is 12.7. The van der Waals surface area contributed by atoms with Gasteiger partial charge in [-0.05, 0) is 50.6 Å². The first-order valence-corrected chi connectivity index (χ1v) is 11.6. The third-order valence-corrected chi connectivity index (χ3v) is 6.79. The third-order valence-electron chi connectivity index (χ3n) is 6.02.